The largest absolute Gasteiger partial charge is 0.392 e. The van der Waals surface area contributed by atoms with Crippen molar-refractivity contribution in [2.24, 2.45) is 11.8 Å². The number of aliphatic hydroxyl groups excluding tert-OH is 1. The molecule has 1 atom stereocenters. The molecule has 1 unspecified atom stereocenters. The third kappa shape index (κ3) is 3.05. The Balaban J connectivity index is 1.85. The van der Waals surface area contributed by atoms with E-state index in [1.807, 2.05) is 6.92 Å². The molecule has 2 nitrogen and oxygen atoms in total. The number of aryl methyl sites for hydroxylation is 1. The summed E-state index contributed by atoms with van der Waals surface area (Å²) in [6, 6.07) is 0. The molecular formula is C13H21NOS. The van der Waals surface area contributed by atoms with E-state index >= 15 is 0 Å². The van der Waals surface area contributed by atoms with E-state index in [0.29, 0.717) is 5.92 Å². The first-order valence-electron chi connectivity index (χ1n) is 6.24. The molecule has 1 fully saturated rings. The maximum Gasteiger partial charge on any atom is 0.0897 e. The Kier molecular flexibility index (Phi) is 3.98. The van der Waals surface area contributed by atoms with Crippen LogP contribution in [0.2, 0.25) is 0 Å². The predicted octanol–water partition coefficient (Wildman–Crippen LogP) is 3.18. The van der Waals surface area contributed by atoms with E-state index in [4.69, 9.17) is 0 Å². The third-order valence-corrected chi connectivity index (χ3v) is 4.51. The van der Waals surface area contributed by atoms with Crippen LogP contribution in [0.25, 0.3) is 0 Å². The number of thiazole rings is 1. The number of hydrogen-bond donors (Lipinski definition) is 1. The number of nitrogens with zero attached hydrogens (tertiary/aromatic N) is 1. The van der Waals surface area contributed by atoms with Gasteiger partial charge in [-0.25, -0.2) is 4.98 Å². The second-order valence-corrected chi connectivity index (χ2v) is 6.21. The molecule has 0 saturated heterocycles. The summed E-state index contributed by atoms with van der Waals surface area (Å²) in [7, 11) is 0. The van der Waals surface area contributed by atoms with Crippen molar-refractivity contribution in [2.75, 3.05) is 0 Å². The highest BCUT2D eigenvalue weighted by atomic mass is 32.1. The Morgan fingerprint density at radius 3 is 2.69 bits per heavy atom. The van der Waals surface area contributed by atoms with Crippen LogP contribution in [0.3, 0.4) is 0 Å². The van der Waals surface area contributed by atoms with E-state index in [1.165, 1.54) is 25.7 Å². The van der Waals surface area contributed by atoms with Gasteiger partial charge in [-0.2, -0.15) is 0 Å². The maximum atomic E-state index is 10.2. The average Bonchev–Trinajstić information content (AvgIpc) is 2.65. The molecule has 2 rings (SSSR count). The lowest BCUT2D eigenvalue weighted by molar-refractivity contribution is 0.0754. The van der Waals surface area contributed by atoms with Gasteiger partial charge in [0.2, 0.25) is 0 Å². The van der Waals surface area contributed by atoms with Gasteiger partial charge in [0.25, 0.3) is 0 Å². The standard InChI is InChI=1S/C13H21NOS/c1-9-3-5-11(6-4-9)13(15)7-12-8-16-10(2)14-12/h8-9,11,13,15H,3-7H2,1-2H3. The van der Waals surface area contributed by atoms with E-state index in [9.17, 15) is 5.11 Å². The lowest BCUT2D eigenvalue weighted by Crippen LogP contribution is -2.27. The number of aromatic nitrogens is 1. The summed E-state index contributed by atoms with van der Waals surface area (Å²) in [6.07, 6.45) is 5.48. The van der Waals surface area contributed by atoms with Crippen molar-refractivity contribution in [3.8, 4) is 0 Å². The molecule has 0 radical (unpaired) electrons. The van der Waals surface area contributed by atoms with Gasteiger partial charge < -0.3 is 5.11 Å². The monoisotopic (exact) mass is 239 g/mol. The fourth-order valence-corrected chi connectivity index (χ4v) is 3.18. The molecule has 3 heteroatoms. The van der Waals surface area contributed by atoms with Gasteiger partial charge in [0.1, 0.15) is 0 Å². The molecule has 16 heavy (non-hydrogen) atoms. The lowest BCUT2D eigenvalue weighted by Gasteiger charge is -2.29. The van der Waals surface area contributed by atoms with E-state index in [0.717, 1.165) is 23.0 Å². The minimum atomic E-state index is -0.186. The van der Waals surface area contributed by atoms with E-state index in [1.54, 1.807) is 11.3 Å². The summed E-state index contributed by atoms with van der Waals surface area (Å²) in [5.74, 6) is 1.35. The number of hydrogen-bond acceptors (Lipinski definition) is 3. The van der Waals surface area contributed by atoms with Crippen LogP contribution in [0, 0.1) is 18.8 Å². The SMILES string of the molecule is Cc1nc(CC(O)C2CCC(C)CC2)cs1. The van der Waals surface area contributed by atoms with Crippen molar-refractivity contribution < 1.29 is 5.11 Å². The number of rotatable bonds is 3. The van der Waals surface area contributed by atoms with Crippen molar-refractivity contribution in [3.63, 3.8) is 0 Å². The van der Waals surface area contributed by atoms with Crippen molar-refractivity contribution in [3.05, 3.63) is 16.1 Å². The Hall–Kier alpha value is -0.410. The average molecular weight is 239 g/mol. The van der Waals surface area contributed by atoms with Crippen molar-refractivity contribution in [2.45, 2.75) is 52.1 Å². The van der Waals surface area contributed by atoms with Gasteiger partial charge >= 0.3 is 0 Å². The van der Waals surface area contributed by atoms with Crippen molar-refractivity contribution in [1.82, 2.24) is 4.98 Å². The first kappa shape index (κ1) is 12.1. The van der Waals surface area contributed by atoms with Gasteiger partial charge in [0.05, 0.1) is 16.8 Å². The molecule has 1 aliphatic carbocycles. The Labute approximate surface area is 102 Å². The van der Waals surface area contributed by atoms with Gasteiger partial charge in [-0.1, -0.05) is 19.8 Å². The third-order valence-electron chi connectivity index (χ3n) is 3.69. The van der Waals surface area contributed by atoms with Gasteiger partial charge in [-0.15, -0.1) is 11.3 Å². The summed E-state index contributed by atoms with van der Waals surface area (Å²) < 4.78 is 0. The van der Waals surface area contributed by atoms with Crippen LogP contribution in [0.4, 0.5) is 0 Å². The molecule has 1 N–H and O–H groups in total. The molecule has 0 amide bonds. The predicted molar refractivity (Wildman–Crippen MR) is 67.7 cm³/mol. The molecule has 1 heterocycles. The highest BCUT2D eigenvalue weighted by Gasteiger charge is 2.25. The molecule has 1 aromatic heterocycles. The molecule has 1 aliphatic rings. The zero-order valence-electron chi connectivity index (χ0n) is 10.1. The first-order chi connectivity index (χ1) is 7.65. The van der Waals surface area contributed by atoms with Gasteiger partial charge in [-0.3, -0.25) is 0 Å². The summed E-state index contributed by atoms with van der Waals surface area (Å²) in [6.45, 7) is 4.33. The van der Waals surface area contributed by atoms with Crippen LogP contribution in [0.15, 0.2) is 5.38 Å². The van der Waals surface area contributed by atoms with Gasteiger partial charge in [-0.05, 0) is 31.6 Å². The Bertz CT molecular complexity index is 328. The quantitative estimate of drug-likeness (QED) is 0.879. The van der Waals surface area contributed by atoms with Crippen molar-refractivity contribution >= 4 is 11.3 Å². The van der Waals surface area contributed by atoms with Crippen LogP contribution in [0.5, 0.6) is 0 Å². The fraction of sp³-hybridized carbons (Fsp3) is 0.769. The van der Waals surface area contributed by atoms with E-state index in [-0.39, 0.29) is 6.10 Å². The molecular weight excluding hydrogens is 218 g/mol. The minimum absolute atomic E-state index is 0.186. The summed E-state index contributed by atoms with van der Waals surface area (Å²) in [4.78, 5) is 4.42. The molecule has 0 aliphatic heterocycles. The summed E-state index contributed by atoms with van der Waals surface area (Å²) in [5, 5.41) is 13.4. The molecule has 0 spiro atoms. The van der Waals surface area contributed by atoms with Crippen LogP contribution in [0.1, 0.15) is 43.3 Å². The lowest BCUT2D eigenvalue weighted by atomic mass is 9.79. The van der Waals surface area contributed by atoms with Gasteiger partial charge in [0, 0.05) is 11.8 Å². The van der Waals surface area contributed by atoms with Crippen molar-refractivity contribution in [1.29, 1.82) is 0 Å². The smallest absolute Gasteiger partial charge is 0.0897 e. The molecule has 1 saturated carbocycles. The Morgan fingerprint density at radius 2 is 2.12 bits per heavy atom. The topological polar surface area (TPSA) is 33.1 Å². The highest BCUT2D eigenvalue weighted by Crippen LogP contribution is 2.31. The zero-order chi connectivity index (χ0) is 11.5. The summed E-state index contributed by atoms with van der Waals surface area (Å²) in [5.41, 5.74) is 1.06. The zero-order valence-corrected chi connectivity index (χ0v) is 11.0. The maximum absolute atomic E-state index is 10.2. The van der Waals surface area contributed by atoms with Crippen LogP contribution >= 0.6 is 11.3 Å². The number of aliphatic hydroxyl groups is 1. The Morgan fingerprint density at radius 1 is 1.44 bits per heavy atom. The highest BCUT2D eigenvalue weighted by molar-refractivity contribution is 7.09. The van der Waals surface area contributed by atoms with Crippen LogP contribution < -0.4 is 0 Å². The van der Waals surface area contributed by atoms with Gasteiger partial charge in [0.15, 0.2) is 0 Å². The summed E-state index contributed by atoms with van der Waals surface area (Å²) >= 11 is 1.67. The second kappa shape index (κ2) is 5.28. The normalized spacial score (nSPS) is 27.9. The second-order valence-electron chi connectivity index (χ2n) is 5.15. The fourth-order valence-electron chi connectivity index (χ4n) is 2.55. The molecule has 0 bridgehead atoms. The molecule has 90 valence electrons. The minimum Gasteiger partial charge on any atom is -0.392 e. The van der Waals surface area contributed by atoms with E-state index in [2.05, 4.69) is 17.3 Å². The van der Waals surface area contributed by atoms with Crippen LogP contribution in [-0.4, -0.2) is 16.2 Å². The van der Waals surface area contributed by atoms with E-state index < -0.39 is 0 Å². The van der Waals surface area contributed by atoms with Crippen LogP contribution in [-0.2, 0) is 6.42 Å². The first-order valence-corrected chi connectivity index (χ1v) is 7.12. The molecule has 1 aromatic rings. The molecule has 0 aromatic carbocycles.